The molecule has 0 bridgehead atoms. The summed E-state index contributed by atoms with van der Waals surface area (Å²) in [4.78, 5) is 5.13. The number of nitriles is 1. The van der Waals surface area contributed by atoms with Crippen molar-refractivity contribution in [2.24, 2.45) is 5.92 Å². The Morgan fingerprint density at radius 1 is 1.26 bits per heavy atom. The van der Waals surface area contributed by atoms with Crippen LogP contribution in [-0.4, -0.2) is 48.6 Å². The lowest BCUT2D eigenvalue weighted by Crippen LogP contribution is -2.39. The van der Waals surface area contributed by atoms with E-state index in [9.17, 15) is 13.7 Å². The fourth-order valence-corrected chi connectivity index (χ4v) is 7.12. The number of hydrogen-bond donors (Lipinski definition) is 0. The number of imidazole rings is 1. The van der Waals surface area contributed by atoms with Crippen LogP contribution in [0.3, 0.4) is 0 Å². The summed E-state index contributed by atoms with van der Waals surface area (Å²) >= 11 is 1.56. The van der Waals surface area contributed by atoms with Crippen LogP contribution in [0.15, 0.2) is 52.5 Å². The van der Waals surface area contributed by atoms with Gasteiger partial charge in [-0.2, -0.15) is 9.57 Å². The Kier molecular flexibility index (Phi) is 8.50. The number of nitrogens with zero attached hydrogens (tertiary/aromatic N) is 4. The van der Waals surface area contributed by atoms with Gasteiger partial charge in [0.25, 0.3) is 0 Å². The first-order valence-corrected chi connectivity index (χ1v) is 14.6. The van der Waals surface area contributed by atoms with Crippen LogP contribution in [0.2, 0.25) is 0 Å². The maximum absolute atomic E-state index is 13.3. The van der Waals surface area contributed by atoms with Gasteiger partial charge in [0.15, 0.2) is 5.16 Å². The van der Waals surface area contributed by atoms with Crippen LogP contribution < -0.4 is 0 Å². The molecule has 1 aliphatic heterocycles. The number of aromatic nitrogens is 2. The normalized spacial score (nSPS) is 17.0. The molecule has 1 aliphatic rings. The highest BCUT2D eigenvalue weighted by molar-refractivity contribution is 7.98. The number of aryl methyl sites for hydroxylation is 1. The molecule has 1 saturated heterocycles. The molecule has 4 rings (SSSR count). The lowest BCUT2D eigenvalue weighted by Gasteiger charge is -2.30. The van der Waals surface area contributed by atoms with E-state index < -0.39 is 10.0 Å². The van der Waals surface area contributed by atoms with Gasteiger partial charge in [0, 0.05) is 38.6 Å². The van der Waals surface area contributed by atoms with Crippen molar-refractivity contribution in [2.45, 2.75) is 55.5 Å². The highest BCUT2D eigenvalue weighted by Gasteiger charge is 2.29. The van der Waals surface area contributed by atoms with Crippen molar-refractivity contribution in [2.75, 3.05) is 26.3 Å². The molecule has 2 heterocycles. The topological polar surface area (TPSA) is 88.2 Å². The smallest absolute Gasteiger partial charge is 0.243 e. The minimum absolute atomic E-state index is 0.296. The molecule has 186 valence electrons. The fraction of sp³-hybridized carbons (Fsp3) is 0.462. The molecule has 0 amide bonds. The Morgan fingerprint density at radius 2 is 2.09 bits per heavy atom. The van der Waals surface area contributed by atoms with E-state index in [0.717, 1.165) is 35.5 Å². The molecule has 0 saturated carbocycles. The van der Waals surface area contributed by atoms with E-state index in [-0.39, 0.29) is 0 Å². The number of ether oxygens (including phenoxy) is 1. The van der Waals surface area contributed by atoms with E-state index in [1.807, 2.05) is 37.3 Å². The van der Waals surface area contributed by atoms with Gasteiger partial charge in [-0.15, -0.1) is 0 Å². The van der Waals surface area contributed by atoms with Crippen LogP contribution in [0, 0.1) is 17.2 Å². The second-order valence-electron chi connectivity index (χ2n) is 8.92. The van der Waals surface area contributed by atoms with Gasteiger partial charge in [-0.1, -0.05) is 36.9 Å². The molecule has 0 aliphatic carbocycles. The lowest BCUT2D eigenvalue weighted by atomic mass is 10.0. The van der Waals surface area contributed by atoms with Gasteiger partial charge in [-0.05, 0) is 61.9 Å². The maximum Gasteiger partial charge on any atom is 0.243 e. The van der Waals surface area contributed by atoms with E-state index in [1.54, 1.807) is 28.2 Å². The number of thioether (sulfide) groups is 1. The van der Waals surface area contributed by atoms with Crippen molar-refractivity contribution in [1.82, 2.24) is 13.9 Å². The third-order valence-corrected chi connectivity index (χ3v) is 9.20. The minimum atomic E-state index is -3.56. The zero-order valence-corrected chi connectivity index (χ0v) is 21.9. The summed E-state index contributed by atoms with van der Waals surface area (Å²) in [5.74, 6) is 0.973. The summed E-state index contributed by atoms with van der Waals surface area (Å²) in [6.07, 6.45) is 2.78. The Bertz CT molecular complexity index is 1310. The predicted octanol–water partition coefficient (Wildman–Crippen LogP) is 5.05. The Morgan fingerprint density at radius 3 is 2.86 bits per heavy atom. The van der Waals surface area contributed by atoms with Crippen LogP contribution in [0.25, 0.3) is 11.0 Å². The summed E-state index contributed by atoms with van der Waals surface area (Å²) in [5, 5.41) is 10.2. The van der Waals surface area contributed by atoms with E-state index in [0.29, 0.717) is 60.5 Å². The summed E-state index contributed by atoms with van der Waals surface area (Å²) in [5.41, 5.74) is 3.19. The van der Waals surface area contributed by atoms with E-state index >= 15 is 0 Å². The third kappa shape index (κ3) is 5.89. The van der Waals surface area contributed by atoms with E-state index in [1.165, 1.54) is 0 Å². The Balaban J connectivity index is 1.64. The first kappa shape index (κ1) is 25.7. The van der Waals surface area contributed by atoms with Crippen LogP contribution in [-0.2, 0) is 27.1 Å². The molecule has 1 fully saturated rings. The molecular formula is C26H32N4O3S2. The predicted molar refractivity (Wildman–Crippen MR) is 139 cm³/mol. The second-order valence-corrected chi connectivity index (χ2v) is 11.8. The van der Waals surface area contributed by atoms with Gasteiger partial charge in [0.1, 0.15) is 0 Å². The Labute approximate surface area is 212 Å². The van der Waals surface area contributed by atoms with Crippen LogP contribution in [0.4, 0.5) is 0 Å². The molecule has 2 aromatic carbocycles. The molecule has 3 aromatic rings. The molecule has 35 heavy (non-hydrogen) atoms. The molecule has 0 N–H and O–H groups in total. The average molecular weight is 513 g/mol. The maximum atomic E-state index is 13.3. The van der Waals surface area contributed by atoms with Crippen molar-refractivity contribution in [3.63, 3.8) is 0 Å². The molecule has 7 nitrogen and oxygen atoms in total. The lowest BCUT2D eigenvalue weighted by molar-refractivity contribution is 0.141. The number of sulfonamides is 1. The second kappa shape index (κ2) is 11.6. The van der Waals surface area contributed by atoms with Gasteiger partial charge < -0.3 is 9.30 Å². The van der Waals surface area contributed by atoms with E-state index in [4.69, 9.17) is 9.72 Å². The number of benzene rings is 2. The molecule has 1 aromatic heterocycles. The largest absolute Gasteiger partial charge is 0.382 e. The van der Waals surface area contributed by atoms with Crippen molar-refractivity contribution >= 4 is 32.8 Å². The average Bonchev–Trinajstić information content (AvgIpc) is 3.22. The summed E-state index contributed by atoms with van der Waals surface area (Å²) < 4.78 is 35.9. The molecule has 9 heteroatoms. The SMILES string of the molecule is CCOCCCn1c(SCc2ccccc2C#N)nc2cc(S(=O)(=O)N3CCC[C@H](C)C3)ccc21. The van der Waals surface area contributed by atoms with Crippen molar-refractivity contribution < 1.29 is 13.2 Å². The first-order chi connectivity index (χ1) is 16.9. The summed E-state index contributed by atoms with van der Waals surface area (Å²) in [6.45, 7) is 7.25. The number of fused-ring (bicyclic) bond motifs is 1. The van der Waals surface area contributed by atoms with Crippen molar-refractivity contribution in [3.8, 4) is 6.07 Å². The Hall–Kier alpha value is -2.38. The van der Waals surface area contributed by atoms with Crippen molar-refractivity contribution in [3.05, 3.63) is 53.6 Å². The number of rotatable bonds is 10. The highest BCUT2D eigenvalue weighted by atomic mass is 32.2. The van der Waals surface area contributed by atoms with Gasteiger partial charge in [-0.25, -0.2) is 13.4 Å². The summed E-state index contributed by atoms with van der Waals surface area (Å²) in [6, 6.07) is 15.1. The molecule has 0 spiro atoms. The first-order valence-electron chi connectivity index (χ1n) is 12.1. The molecule has 0 unspecified atom stereocenters. The quantitative estimate of drug-likeness (QED) is 0.279. The number of piperidine rings is 1. The van der Waals surface area contributed by atoms with Gasteiger partial charge >= 0.3 is 0 Å². The van der Waals surface area contributed by atoms with Crippen molar-refractivity contribution in [1.29, 1.82) is 5.26 Å². The highest BCUT2D eigenvalue weighted by Crippen LogP contribution is 2.31. The van der Waals surface area contributed by atoms with Crippen LogP contribution in [0.1, 0.15) is 44.2 Å². The molecular weight excluding hydrogens is 480 g/mol. The monoisotopic (exact) mass is 512 g/mol. The zero-order valence-electron chi connectivity index (χ0n) is 20.3. The van der Waals surface area contributed by atoms with Crippen LogP contribution >= 0.6 is 11.8 Å². The number of hydrogen-bond acceptors (Lipinski definition) is 6. The summed E-state index contributed by atoms with van der Waals surface area (Å²) in [7, 11) is -3.56. The molecule has 1 atom stereocenters. The van der Waals surface area contributed by atoms with Gasteiger partial charge in [0.2, 0.25) is 10.0 Å². The third-order valence-electron chi connectivity index (χ3n) is 6.31. The standard InChI is InChI=1S/C26H32N4O3S2/c1-3-33-15-7-14-30-25-12-11-23(35(31,32)29-13-6-8-20(2)18-29)16-24(25)28-26(30)34-19-22-10-5-4-9-21(22)17-27/h4-5,9-12,16,20H,3,6-8,13-15,18-19H2,1-2H3/t20-/m0/s1. The van der Waals surface area contributed by atoms with Crippen LogP contribution in [0.5, 0.6) is 0 Å². The molecule has 0 radical (unpaired) electrons. The van der Waals surface area contributed by atoms with E-state index in [2.05, 4.69) is 17.6 Å². The fourth-order valence-electron chi connectivity index (χ4n) is 4.45. The van der Waals surface area contributed by atoms with Gasteiger partial charge in [-0.3, -0.25) is 0 Å². The zero-order chi connectivity index (χ0) is 24.8. The minimum Gasteiger partial charge on any atom is -0.382 e. The van der Waals surface area contributed by atoms with Gasteiger partial charge in [0.05, 0.1) is 27.6 Å².